The molecular formula is C26H21N3O3S. The zero-order chi connectivity index (χ0) is 23.2. The smallest absolute Gasteiger partial charge is 0.287 e. The van der Waals surface area contributed by atoms with Crippen molar-refractivity contribution in [2.24, 2.45) is 5.73 Å². The monoisotopic (exact) mass is 455 g/mol. The molecular weight excluding hydrogens is 434 g/mol. The Balaban J connectivity index is 1.61. The summed E-state index contributed by atoms with van der Waals surface area (Å²) in [6, 6.07) is 24.9. The van der Waals surface area contributed by atoms with Gasteiger partial charge < -0.3 is 11.1 Å². The van der Waals surface area contributed by atoms with E-state index >= 15 is 0 Å². The number of benzene rings is 3. The Labute approximate surface area is 195 Å². The molecule has 0 bridgehead atoms. The normalized spacial score (nSPS) is 11.5. The van der Waals surface area contributed by atoms with Gasteiger partial charge in [0.25, 0.3) is 11.8 Å². The molecule has 1 heterocycles. The van der Waals surface area contributed by atoms with Gasteiger partial charge in [-0.05, 0) is 11.6 Å². The molecule has 3 N–H and O–H groups in total. The van der Waals surface area contributed by atoms with Gasteiger partial charge in [-0.1, -0.05) is 78.9 Å². The first-order valence-electron chi connectivity index (χ1n) is 10.3. The van der Waals surface area contributed by atoms with E-state index in [2.05, 4.69) is 5.32 Å². The lowest BCUT2D eigenvalue weighted by molar-refractivity contribution is -0.137. The van der Waals surface area contributed by atoms with E-state index in [-0.39, 0.29) is 6.42 Å². The van der Waals surface area contributed by atoms with Gasteiger partial charge in [0.1, 0.15) is 11.0 Å². The maximum atomic E-state index is 13.2. The Kier molecular flexibility index (Phi) is 6.71. The van der Waals surface area contributed by atoms with E-state index in [1.54, 1.807) is 18.2 Å². The summed E-state index contributed by atoms with van der Waals surface area (Å²) in [5.41, 5.74) is 8.68. The number of rotatable bonds is 8. The molecule has 1 atom stereocenters. The molecule has 2 amide bonds. The van der Waals surface area contributed by atoms with E-state index in [0.29, 0.717) is 16.8 Å². The van der Waals surface area contributed by atoms with Crippen molar-refractivity contribution in [2.45, 2.75) is 12.5 Å². The number of hydrogen-bond acceptors (Lipinski definition) is 5. The minimum Gasteiger partial charge on any atom is -0.363 e. The zero-order valence-electron chi connectivity index (χ0n) is 17.6. The molecule has 4 aromatic rings. The Morgan fingerprint density at radius 3 is 2.21 bits per heavy atom. The Hall–Kier alpha value is -4.10. The lowest BCUT2D eigenvalue weighted by atomic mass is 10.00. The first kappa shape index (κ1) is 22.1. The van der Waals surface area contributed by atoms with Crippen molar-refractivity contribution < 1.29 is 14.4 Å². The molecule has 1 aromatic heterocycles. The van der Waals surface area contributed by atoms with Gasteiger partial charge >= 0.3 is 0 Å². The van der Waals surface area contributed by atoms with Gasteiger partial charge in [-0.25, -0.2) is 4.98 Å². The van der Waals surface area contributed by atoms with Crippen LogP contribution in [0.4, 0.5) is 0 Å². The van der Waals surface area contributed by atoms with Gasteiger partial charge in [-0.2, -0.15) is 0 Å². The molecule has 7 heteroatoms. The van der Waals surface area contributed by atoms with Crippen LogP contribution in [0.5, 0.6) is 0 Å². The summed E-state index contributed by atoms with van der Waals surface area (Å²) in [6.07, 6.45) is 0.158. The highest BCUT2D eigenvalue weighted by atomic mass is 32.1. The highest BCUT2D eigenvalue weighted by molar-refractivity contribution is 7.13. The van der Waals surface area contributed by atoms with Crippen molar-refractivity contribution in [1.82, 2.24) is 10.3 Å². The molecule has 0 aliphatic carbocycles. The van der Waals surface area contributed by atoms with Crippen molar-refractivity contribution in [3.05, 3.63) is 101 Å². The average Bonchev–Trinajstić information content (AvgIpc) is 3.34. The number of nitrogens with zero attached hydrogens (tertiary/aromatic N) is 1. The fourth-order valence-electron chi connectivity index (χ4n) is 3.48. The molecule has 33 heavy (non-hydrogen) atoms. The van der Waals surface area contributed by atoms with Gasteiger partial charge in [0, 0.05) is 28.5 Å². The van der Waals surface area contributed by atoms with Crippen molar-refractivity contribution in [3.8, 4) is 21.8 Å². The largest absolute Gasteiger partial charge is 0.363 e. The van der Waals surface area contributed by atoms with Crippen molar-refractivity contribution in [2.75, 3.05) is 0 Å². The molecule has 0 saturated carbocycles. The second kappa shape index (κ2) is 10.0. The molecule has 4 rings (SSSR count). The molecule has 0 aliphatic rings. The van der Waals surface area contributed by atoms with Gasteiger partial charge in [0.15, 0.2) is 0 Å². The number of nitrogens with two attached hydrogens (primary N) is 1. The van der Waals surface area contributed by atoms with E-state index in [9.17, 15) is 14.4 Å². The number of Topliss-reactive ketones (excluding diaryl/α,β-unsaturated/α-hetero) is 1. The summed E-state index contributed by atoms with van der Waals surface area (Å²) >= 11 is 1.48. The van der Waals surface area contributed by atoms with Gasteiger partial charge in [-0.15, -0.1) is 11.3 Å². The van der Waals surface area contributed by atoms with E-state index in [4.69, 9.17) is 10.7 Å². The van der Waals surface area contributed by atoms with Crippen LogP contribution in [-0.4, -0.2) is 28.6 Å². The van der Waals surface area contributed by atoms with Crippen LogP contribution in [0.2, 0.25) is 0 Å². The number of primary amides is 1. The molecule has 6 nitrogen and oxygen atoms in total. The van der Waals surface area contributed by atoms with Crippen molar-refractivity contribution in [3.63, 3.8) is 0 Å². The van der Waals surface area contributed by atoms with E-state index in [1.165, 1.54) is 11.3 Å². The van der Waals surface area contributed by atoms with E-state index < -0.39 is 23.6 Å². The van der Waals surface area contributed by atoms with Crippen LogP contribution in [0, 0.1) is 0 Å². The molecule has 3 aromatic carbocycles. The number of carbonyl (C=O) groups is 3. The number of amides is 2. The van der Waals surface area contributed by atoms with Crippen LogP contribution in [0.15, 0.2) is 90.3 Å². The lowest BCUT2D eigenvalue weighted by Crippen LogP contribution is -2.47. The summed E-state index contributed by atoms with van der Waals surface area (Å²) < 4.78 is 0. The highest BCUT2D eigenvalue weighted by Crippen LogP contribution is 2.30. The fourth-order valence-corrected chi connectivity index (χ4v) is 4.31. The maximum absolute atomic E-state index is 13.2. The molecule has 0 aliphatic heterocycles. The first-order chi connectivity index (χ1) is 16.0. The number of carbonyl (C=O) groups excluding carboxylic acids is 3. The Bertz CT molecular complexity index is 1290. The van der Waals surface area contributed by atoms with Crippen LogP contribution in [0.3, 0.4) is 0 Å². The summed E-state index contributed by atoms with van der Waals surface area (Å²) in [4.78, 5) is 41.9. The standard InChI is InChI=1S/C26H21N3O3S/c27-24(31)23(30)21(15-17-9-3-1-4-10-17)28-25(32)20-14-8-7-13-19(20)22-16-33-26(29-22)18-11-5-2-6-12-18/h1-14,16,21H,15H2,(H2,27,31)(H,28,32). The third-order valence-corrected chi connectivity index (χ3v) is 6.01. The average molecular weight is 456 g/mol. The van der Waals surface area contributed by atoms with Crippen LogP contribution in [0.25, 0.3) is 21.8 Å². The Morgan fingerprint density at radius 2 is 1.52 bits per heavy atom. The second-order valence-corrected chi connectivity index (χ2v) is 8.25. The molecule has 0 radical (unpaired) electrons. The minimum absolute atomic E-state index is 0.158. The highest BCUT2D eigenvalue weighted by Gasteiger charge is 2.27. The number of nitrogens with one attached hydrogen (secondary N) is 1. The zero-order valence-corrected chi connectivity index (χ0v) is 18.4. The van der Waals surface area contributed by atoms with Crippen molar-refractivity contribution in [1.29, 1.82) is 0 Å². The third-order valence-electron chi connectivity index (χ3n) is 5.12. The summed E-state index contributed by atoms with van der Waals surface area (Å²) in [7, 11) is 0. The molecule has 164 valence electrons. The van der Waals surface area contributed by atoms with Gasteiger partial charge in [0.05, 0.1) is 5.69 Å². The third kappa shape index (κ3) is 5.22. The second-order valence-electron chi connectivity index (χ2n) is 7.39. The number of hydrogen-bond donors (Lipinski definition) is 2. The lowest BCUT2D eigenvalue weighted by Gasteiger charge is -2.17. The fraction of sp³-hybridized carbons (Fsp3) is 0.0769. The molecule has 0 fully saturated rings. The minimum atomic E-state index is -1.09. The van der Waals surface area contributed by atoms with E-state index in [1.807, 2.05) is 72.1 Å². The SMILES string of the molecule is NC(=O)C(=O)C(Cc1ccccc1)NC(=O)c1ccccc1-c1csc(-c2ccccc2)n1. The van der Waals surface area contributed by atoms with Gasteiger partial charge in [0.2, 0.25) is 5.78 Å². The van der Waals surface area contributed by atoms with Gasteiger partial charge in [-0.3, -0.25) is 14.4 Å². The summed E-state index contributed by atoms with van der Waals surface area (Å²) in [5, 5.41) is 5.43. The summed E-state index contributed by atoms with van der Waals surface area (Å²) in [6.45, 7) is 0. The predicted molar refractivity (Wildman–Crippen MR) is 129 cm³/mol. The van der Waals surface area contributed by atoms with Crippen LogP contribution < -0.4 is 11.1 Å². The number of aromatic nitrogens is 1. The first-order valence-corrected chi connectivity index (χ1v) is 11.2. The topological polar surface area (TPSA) is 102 Å². The maximum Gasteiger partial charge on any atom is 0.287 e. The Morgan fingerprint density at radius 1 is 0.879 bits per heavy atom. The van der Waals surface area contributed by atoms with Crippen LogP contribution in [0.1, 0.15) is 15.9 Å². The number of thiazole rings is 1. The molecule has 0 spiro atoms. The van der Waals surface area contributed by atoms with Crippen LogP contribution >= 0.6 is 11.3 Å². The molecule has 1 unspecified atom stereocenters. The van der Waals surface area contributed by atoms with Crippen LogP contribution in [-0.2, 0) is 16.0 Å². The van der Waals surface area contributed by atoms with Crippen molar-refractivity contribution >= 4 is 28.9 Å². The summed E-state index contributed by atoms with van der Waals surface area (Å²) in [5.74, 6) is -2.41. The molecule has 0 saturated heterocycles. The van der Waals surface area contributed by atoms with E-state index in [0.717, 1.165) is 16.1 Å². The predicted octanol–water partition coefficient (Wildman–Crippen LogP) is 3.87. The number of ketones is 1. The quantitative estimate of drug-likeness (QED) is 0.394.